The molecule has 0 bridgehead atoms. The molecule has 0 radical (unpaired) electrons. The first-order chi connectivity index (χ1) is 11.3. The third-order valence-corrected chi connectivity index (χ3v) is 6.50. The van der Waals surface area contributed by atoms with Gasteiger partial charge in [0.25, 0.3) is 0 Å². The van der Waals surface area contributed by atoms with Crippen LogP contribution in [0.3, 0.4) is 0 Å². The number of sulfonamides is 1. The number of fused-ring (bicyclic) bond motifs is 1. The lowest BCUT2D eigenvalue weighted by atomic mass is 10.0. The minimum absolute atomic E-state index is 0.109. The van der Waals surface area contributed by atoms with Crippen molar-refractivity contribution in [2.45, 2.75) is 24.3 Å². The summed E-state index contributed by atoms with van der Waals surface area (Å²) in [5.41, 5.74) is 2.30. The van der Waals surface area contributed by atoms with Crippen molar-refractivity contribution < 1.29 is 13.2 Å². The average Bonchev–Trinajstić information content (AvgIpc) is 2.84. The molecular weight excluding hydrogens is 392 g/mol. The summed E-state index contributed by atoms with van der Waals surface area (Å²) in [4.78, 5) is 11.9. The molecule has 1 aliphatic heterocycles. The maximum Gasteiger partial charge on any atom is 0.243 e. The van der Waals surface area contributed by atoms with Crippen LogP contribution in [-0.4, -0.2) is 25.7 Å². The quantitative estimate of drug-likeness (QED) is 0.843. The molecule has 0 aliphatic carbocycles. The van der Waals surface area contributed by atoms with Crippen LogP contribution in [0.25, 0.3) is 0 Å². The maximum absolute atomic E-state index is 12.8. The molecule has 0 spiro atoms. The van der Waals surface area contributed by atoms with Gasteiger partial charge < -0.3 is 5.32 Å². The first kappa shape index (κ1) is 17.1. The maximum atomic E-state index is 12.8. The second-order valence-corrected chi connectivity index (χ2v) is 8.81. The zero-order chi connectivity index (χ0) is 17.5. The monoisotopic (exact) mass is 408 g/mol. The third-order valence-electron chi connectivity index (χ3n) is 4.17. The molecule has 1 aliphatic rings. The van der Waals surface area contributed by atoms with Crippen LogP contribution in [0.5, 0.6) is 0 Å². The Hall–Kier alpha value is -1.70. The number of rotatable bonds is 4. The van der Waals surface area contributed by atoms with Crippen LogP contribution in [0.15, 0.2) is 51.8 Å². The van der Waals surface area contributed by atoms with Gasteiger partial charge in [-0.25, -0.2) is 8.42 Å². The van der Waals surface area contributed by atoms with Crippen molar-refractivity contribution in [2.75, 3.05) is 12.4 Å². The van der Waals surface area contributed by atoms with Crippen LogP contribution in [0.2, 0.25) is 0 Å². The summed E-state index contributed by atoms with van der Waals surface area (Å²) < 4.78 is 27.9. The largest absolute Gasteiger partial charge is 0.325 e. The van der Waals surface area contributed by atoms with Gasteiger partial charge in [-0.15, -0.1) is 0 Å². The van der Waals surface area contributed by atoms with Crippen LogP contribution in [-0.2, 0) is 21.4 Å². The Kier molecular flexibility index (Phi) is 4.50. The van der Waals surface area contributed by atoms with E-state index in [0.717, 1.165) is 15.6 Å². The van der Waals surface area contributed by atoms with E-state index in [9.17, 15) is 13.2 Å². The van der Waals surface area contributed by atoms with E-state index >= 15 is 0 Å². The number of carbonyl (C=O) groups excluding carboxylic acids is 1. The van der Waals surface area contributed by atoms with Crippen molar-refractivity contribution >= 4 is 37.5 Å². The lowest BCUT2D eigenvalue weighted by Crippen LogP contribution is -2.26. The van der Waals surface area contributed by atoms with Crippen LogP contribution in [0.1, 0.15) is 24.0 Å². The topological polar surface area (TPSA) is 66.5 Å². The minimum atomic E-state index is -3.63. The molecule has 0 aromatic heterocycles. The fraction of sp³-hybridized carbons (Fsp3) is 0.235. The number of nitrogens with one attached hydrogen (secondary N) is 1. The lowest BCUT2D eigenvalue weighted by Gasteiger charge is -2.18. The predicted molar refractivity (Wildman–Crippen MR) is 96.3 cm³/mol. The fourth-order valence-electron chi connectivity index (χ4n) is 2.67. The molecule has 2 aromatic carbocycles. The van der Waals surface area contributed by atoms with Crippen molar-refractivity contribution in [2.24, 2.45) is 0 Å². The highest BCUT2D eigenvalue weighted by Crippen LogP contribution is 2.34. The van der Waals surface area contributed by atoms with E-state index in [-0.39, 0.29) is 23.3 Å². The summed E-state index contributed by atoms with van der Waals surface area (Å²) >= 11 is 3.36. The van der Waals surface area contributed by atoms with Crippen molar-refractivity contribution in [3.8, 4) is 0 Å². The molecule has 1 N–H and O–H groups in total. The number of nitrogens with zero attached hydrogens (tertiary/aromatic N) is 1. The average molecular weight is 409 g/mol. The van der Waals surface area contributed by atoms with Gasteiger partial charge in [0.05, 0.1) is 10.8 Å². The second kappa shape index (κ2) is 6.31. The molecular formula is C17H17BrN2O3S. The fourth-order valence-corrected chi connectivity index (χ4v) is 4.13. The summed E-state index contributed by atoms with van der Waals surface area (Å²) in [6, 6.07) is 12.3. The molecule has 5 nitrogen and oxygen atoms in total. The molecule has 0 saturated carbocycles. The molecule has 1 amide bonds. The molecule has 3 rings (SSSR count). The summed E-state index contributed by atoms with van der Waals surface area (Å²) in [5.74, 6) is -0.449. The van der Waals surface area contributed by atoms with E-state index in [1.807, 2.05) is 24.3 Å². The molecule has 126 valence electrons. The predicted octanol–water partition coefficient (Wildman–Crippen LogP) is 3.33. The molecule has 24 heavy (non-hydrogen) atoms. The Morgan fingerprint density at radius 3 is 2.50 bits per heavy atom. The second-order valence-electron chi connectivity index (χ2n) is 5.85. The van der Waals surface area contributed by atoms with Crippen LogP contribution >= 0.6 is 15.9 Å². The molecule has 7 heteroatoms. The molecule has 0 unspecified atom stereocenters. The van der Waals surface area contributed by atoms with E-state index < -0.39 is 10.0 Å². The van der Waals surface area contributed by atoms with Crippen molar-refractivity contribution in [3.63, 3.8) is 0 Å². The number of hydrogen-bond donors (Lipinski definition) is 1. The first-order valence-electron chi connectivity index (χ1n) is 7.44. The van der Waals surface area contributed by atoms with E-state index in [1.54, 1.807) is 26.1 Å². The highest BCUT2D eigenvalue weighted by Gasteiger charge is 2.29. The van der Waals surface area contributed by atoms with Gasteiger partial charge in [-0.1, -0.05) is 28.1 Å². The Balaban J connectivity index is 1.88. The zero-order valence-corrected chi connectivity index (χ0v) is 15.7. The van der Waals surface area contributed by atoms with Gasteiger partial charge in [0.2, 0.25) is 15.9 Å². The lowest BCUT2D eigenvalue weighted by molar-refractivity contribution is -0.116. The number of carbonyl (C=O) groups is 1. The van der Waals surface area contributed by atoms with E-state index in [1.165, 1.54) is 10.4 Å². The molecule has 2 aromatic rings. The van der Waals surface area contributed by atoms with E-state index in [2.05, 4.69) is 21.2 Å². The Labute approximate surface area is 149 Å². The van der Waals surface area contributed by atoms with Crippen LogP contribution in [0, 0.1) is 0 Å². The van der Waals surface area contributed by atoms with Gasteiger partial charge in [0.1, 0.15) is 0 Å². The van der Waals surface area contributed by atoms with Gasteiger partial charge in [-0.2, -0.15) is 4.31 Å². The van der Waals surface area contributed by atoms with Gasteiger partial charge in [-0.05, 0) is 48.4 Å². The van der Waals surface area contributed by atoms with Gasteiger partial charge in [0, 0.05) is 23.8 Å². The van der Waals surface area contributed by atoms with Crippen molar-refractivity contribution in [3.05, 3.63) is 58.1 Å². The van der Waals surface area contributed by atoms with Gasteiger partial charge >= 0.3 is 0 Å². The minimum Gasteiger partial charge on any atom is -0.325 e. The number of anilines is 1. The summed E-state index contributed by atoms with van der Waals surface area (Å²) in [6.07, 6.45) is 0. The summed E-state index contributed by atoms with van der Waals surface area (Å²) in [6.45, 7) is 2.04. The number of amides is 1. The summed E-state index contributed by atoms with van der Waals surface area (Å²) in [5, 5.41) is 2.75. The van der Waals surface area contributed by atoms with Gasteiger partial charge in [-0.3, -0.25) is 4.79 Å². The van der Waals surface area contributed by atoms with Crippen molar-refractivity contribution in [1.82, 2.24) is 4.31 Å². The standard InChI is InChI=1S/C17H17BrN2O3S/c1-11-15-9-14(7-8-16(15)19-17(11)21)24(22,23)20(2)10-12-3-5-13(18)6-4-12/h3-9,11H,10H2,1-2H3,(H,19,21)/t11-/m0/s1. The van der Waals surface area contributed by atoms with Crippen LogP contribution < -0.4 is 5.32 Å². The molecule has 0 saturated heterocycles. The number of benzene rings is 2. The Morgan fingerprint density at radius 2 is 1.83 bits per heavy atom. The Bertz CT molecular complexity index is 895. The molecule has 1 heterocycles. The van der Waals surface area contributed by atoms with Crippen LogP contribution in [0.4, 0.5) is 5.69 Å². The highest BCUT2D eigenvalue weighted by atomic mass is 79.9. The zero-order valence-electron chi connectivity index (χ0n) is 13.3. The molecule has 1 atom stereocenters. The smallest absolute Gasteiger partial charge is 0.243 e. The SMILES string of the molecule is C[C@@H]1C(=O)Nc2ccc(S(=O)(=O)N(C)Cc3ccc(Br)cc3)cc21. The van der Waals surface area contributed by atoms with Gasteiger partial charge in [0.15, 0.2) is 0 Å². The number of halogens is 1. The summed E-state index contributed by atoms with van der Waals surface area (Å²) in [7, 11) is -2.07. The third kappa shape index (κ3) is 3.11. The normalized spacial score (nSPS) is 17.0. The number of hydrogen-bond acceptors (Lipinski definition) is 3. The highest BCUT2D eigenvalue weighted by molar-refractivity contribution is 9.10. The van der Waals surface area contributed by atoms with Crippen molar-refractivity contribution in [1.29, 1.82) is 0 Å². The Morgan fingerprint density at radius 1 is 1.17 bits per heavy atom. The first-order valence-corrected chi connectivity index (χ1v) is 9.68. The molecule has 0 fully saturated rings. The van der Waals surface area contributed by atoms with E-state index in [4.69, 9.17) is 0 Å². The van der Waals surface area contributed by atoms with E-state index in [0.29, 0.717) is 5.69 Å².